The molecular formula is C16H16BrNO3. The van der Waals surface area contributed by atoms with Crippen molar-refractivity contribution in [2.45, 2.75) is 20.8 Å². The smallest absolute Gasteiger partial charge is 0.206 e. The number of nitrogens with one attached hydrogen (secondary N) is 1. The number of carbonyl (C=O) groups is 2. The van der Waals surface area contributed by atoms with Crippen molar-refractivity contribution in [2.24, 2.45) is 0 Å². The molecule has 0 fully saturated rings. The zero-order valence-electron chi connectivity index (χ0n) is 12.1. The van der Waals surface area contributed by atoms with Crippen LogP contribution in [0.25, 0.3) is 0 Å². The number of hydrogen-bond acceptors (Lipinski definition) is 4. The summed E-state index contributed by atoms with van der Waals surface area (Å²) in [6, 6.07) is 7.26. The quantitative estimate of drug-likeness (QED) is 0.844. The molecule has 0 unspecified atom stereocenters. The molecule has 0 bridgehead atoms. The predicted octanol–water partition coefficient (Wildman–Crippen LogP) is 3.59. The molecule has 1 aliphatic rings. The molecular weight excluding hydrogens is 334 g/mol. The zero-order valence-corrected chi connectivity index (χ0v) is 13.7. The summed E-state index contributed by atoms with van der Waals surface area (Å²) in [6.45, 7) is 5.78. The summed E-state index contributed by atoms with van der Waals surface area (Å²) >= 11 is 3.22. The molecule has 0 atom stereocenters. The lowest BCUT2D eigenvalue weighted by Crippen LogP contribution is -2.23. The number of carbonyl (C=O) groups excluding carboxylic acids is 2. The summed E-state index contributed by atoms with van der Waals surface area (Å²) in [5.74, 6) is 0.355. The highest BCUT2D eigenvalue weighted by Gasteiger charge is 2.29. The number of rotatable bonds is 4. The minimum atomic E-state index is -0.180. The van der Waals surface area contributed by atoms with Crippen molar-refractivity contribution in [3.05, 3.63) is 45.6 Å². The Morgan fingerprint density at radius 1 is 1.14 bits per heavy atom. The summed E-state index contributed by atoms with van der Waals surface area (Å²) in [6.07, 6.45) is 0. The van der Waals surface area contributed by atoms with Crippen molar-refractivity contribution in [2.75, 3.05) is 11.9 Å². The van der Waals surface area contributed by atoms with E-state index in [4.69, 9.17) is 4.74 Å². The standard InChI is InChI=1S/C16H16BrNO3/c1-4-21-12-7-5-6-11(8-12)18-14-13(17)15(19)9(2)10(3)16(14)20/h5-8,18H,4H2,1-3H3. The van der Waals surface area contributed by atoms with Gasteiger partial charge in [0, 0.05) is 22.9 Å². The SMILES string of the molecule is CCOc1cccc(NC2=C(Br)C(=O)C(C)=C(C)C2=O)c1. The van der Waals surface area contributed by atoms with Gasteiger partial charge in [0.25, 0.3) is 0 Å². The van der Waals surface area contributed by atoms with E-state index in [1.165, 1.54) is 0 Å². The van der Waals surface area contributed by atoms with Gasteiger partial charge in [0.15, 0.2) is 5.78 Å². The highest BCUT2D eigenvalue weighted by molar-refractivity contribution is 9.12. The summed E-state index contributed by atoms with van der Waals surface area (Å²) < 4.78 is 5.68. The summed E-state index contributed by atoms with van der Waals surface area (Å²) in [4.78, 5) is 24.4. The molecule has 2 rings (SSSR count). The van der Waals surface area contributed by atoms with E-state index in [2.05, 4.69) is 21.2 Å². The van der Waals surface area contributed by atoms with Gasteiger partial charge in [-0.1, -0.05) is 6.07 Å². The Labute approximate surface area is 132 Å². The molecule has 1 aromatic rings. The van der Waals surface area contributed by atoms with Crippen LogP contribution in [0, 0.1) is 0 Å². The molecule has 110 valence electrons. The first-order chi connectivity index (χ1) is 9.95. The summed E-state index contributed by atoms with van der Waals surface area (Å²) in [5.41, 5.74) is 1.89. The minimum absolute atomic E-state index is 0.171. The first kappa shape index (κ1) is 15.5. The lowest BCUT2D eigenvalue weighted by atomic mass is 9.95. The molecule has 0 heterocycles. The number of allylic oxidation sites excluding steroid dienone is 3. The minimum Gasteiger partial charge on any atom is -0.494 e. The van der Waals surface area contributed by atoms with Crippen molar-refractivity contribution >= 4 is 33.2 Å². The third-order valence-electron chi connectivity index (χ3n) is 3.30. The van der Waals surface area contributed by atoms with E-state index in [0.29, 0.717) is 29.2 Å². The molecule has 0 amide bonds. The van der Waals surface area contributed by atoms with Crippen LogP contribution in [0.4, 0.5) is 5.69 Å². The molecule has 0 aromatic heterocycles. The van der Waals surface area contributed by atoms with Gasteiger partial charge >= 0.3 is 0 Å². The van der Waals surface area contributed by atoms with Gasteiger partial charge in [0.1, 0.15) is 11.4 Å². The second-order valence-electron chi connectivity index (χ2n) is 4.68. The van der Waals surface area contributed by atoms with Crippen molar-refractivity contribution in [3.8, 4) is 5.75 Å². The molecule has 0 radical (unpaired) electrons. The summed E-state index contributed by atoms with van der Waals surface area (Å²) in [5, 5.41) is 3.01. The predicted molar refractivity (Wildman–Crippen MR) is 85.6 cm³/mol. The molecule has 1 aliphatic carbocycles. The van der Waals surface area contributed by atoms with Gasteiger partial charge in [0.05, 0.1) is 11.1 Å². The van der Waals surface area contributed by atoms with Gasteiger partial charge in [-0.15, -0.1) is 0 Å². The van der Waals surface area contributed by atoms with E-state index >= 15 is 0 Å². The fraction of sp³-hybridized carbons (Fsp3) is 0.250. The van der Waals surface area contributed by atoms with Crippen molar-refractivity contribution in [3.63, 3.8) is 0 Å². The van der Waals surface area contributed by atoms with Gasteiger partial charge in [-0.2, -0.15) is 0 Å². The first-order valence-electron chi connectivity index (χ1n) is 6.62. The van der Waals surface area contributed by atoms with Crippen LogP contribution in [-0.4, -0.2) is 18.2 Å². The second kappa shape index (κ2) is 6.26. The van der Waals surface area contributed by atoms with Crippen LogP contribution >= 0.6 is 15.9 Å². The number of hydrogen-bond donors (Lipinski definition) is 1. The Hall–Kier alpha value is -1.88. The van der Waals surface area contributed by atoms with Crippen LogP contribution in [0.2, 0.25) is 0 Å². The topological polar surface area (TPSA) is 55.4 Å². The largest absolute Gasteiger partial charge is 0.494 e. The monoisotopic (exact) mass is 349 g/mol. The number of ketones is 2. The number of Topliss-reactive ketones (excluding diaryl/α,β-unsaturated/α-hetero) is 2. The maximum Gasteiger partial charge on any atom is 0.206 e. The van der Waals surface area contributed by atoms with Crippen LogP contribution < -0.4 is 10.1 Å². The number of anilines is 1. The fourth-order valence-corrected chi connectivity index (χ4v) is 2.57. The highest BCUT2D eigenvalue weighted by Crippen LogP contribution is 2.29. The lowest BCUT2D eigenvalue weighted by molar-refractivity contribution is -0.115. The van der Waals surface area contributed by atoms with Crippen molar-refractivity contribution < 1.29 is 14.3 Å². The van der Waals surface area contributed by atoms with Gasteiger partial charge < -0.3 is 10.1 Å². The normalized spacial score (nSPS) is 15.6. The van der Waals surface area contributed by atoms with Gasteiger partial charge in [-0.25, -0.2) is 0 Å². The Morgan fingerprint density at radius 3 is 2.48 bits per heavy atom. The third kappa shape index (κ3) is 3.08. The molecule has 1 aromatic carbocycles. The van der Waals surface area contributed by atoms with E-state index in [0.717, 1.165) is 0 Å². The Kier molecular flexibility index (Phi) is 4.63. The molecule has 0 spiro atoms. The molecule has 0 aliphatic heterocycles. The average Bonchev–Trinajstić information content (AvgIpc) is 2.48. The lowest BCUT2D eigenvalue weighted by Gasteiger charge is -2.19. The Bertz CT molecular complexity index is 674. The highest BCUT2D eigenvalue weighted by atomic mass is 79.9. The zero-order chi connectivity index (χ0) is 15.6. The maximum atomic E-state index is 12.3. The van der Waals surface area contributed by atoms with Gasteiger partial charge in [0.2, 0.25) is 5.78 Å². The van der Waals surface area contributed by atoms with Crippen LogP contribution in [-0.2, 0) is 9.59 Å². The van der Waals surface area contributed by atoms with Crippen LogP contribution in [0.15, 0.2) is 45.6 Å². The van der Waals surface area contributed by atoms with E-state index in [1.807, 2.05) is 25.1 Å². The second-order valence-corrected chi connectivity index (χ2v) is 5.48. The first-order valence-corrected chi connectivity index (χ1v) is 7.41. The fourth-order valence-electron chi connectivity index (χ4n) is 1.99. The molecule has 4 nitrogen and oxygen atoms in total. The van der Waals surface area contributed by atoms with E-state index < -0.39 is 0 Å². The van der Waals surface area contributed by atoms with Gasteiger partial charge in [-0.3, -0.25) is 9.59 Å². The molecule has 1 N–H and O–H groups in total. The van der Waals surface area contributed by atoms with Crippen molar-refractivity contribution in [1.29, 1.82) is 0 Å². The molecule has 0 saturated carbocycles. The maximum absolute atomic E-state index is 12.3. The van der Waals surface area contributed by atoms with Crippen LogP contribution in [0.5, 0.6) is 5.75 Å². The number of halogens is 1. The third-order valence-corrected chi connectivity index (χ3v) is 4.06. The van der Waals surface area contributed by atoms with Crippen LogP contribution in [0.3, 0.4) is 0 Å². The molecule has 5 heteroatoms. The molecule has 0 saturated heterocycles. The number of ether oxygens (including phenoxy) is 1. The Balaban J connectivity index is 2.33. The van der Waals surface area contributed by atoms with E-state index in [9.17, 15) is 9.59 Å². The van der Waals surface area contributed by atoms with E-state index in [1.54, 1.807) is 19.9 Å². The van der Waals surface area contributed by atoms with E-state index in [-0.39, 0.29) is 21.7 Å². The van der Waals surface area contributed by atoms with Crippen molar-refractivity contribution in [1.82, 2.24) is 0 Å². The summed E-state index contributed by atoms with van der Waals surface area (Å²) in [7, 11) is 0. The average molecular weight is 350 g/mol. The van der Waals surface area contributed by atoms with Gasteiger partial charge in [-0.05, 0) is 48.8 Å². The van der Waals surface area contributed by atoms with Crippen LogP contribution in [0.1, 0.15) is 20.8 Å². The Morgan fingerprint density at radius 2 is 1.81 bits per heavy atom. The molecule has 21 heavy (non-hydrogen) atoms. The number of benzene rings is 1.